The molecule has 0 saturated carbocycles. The van der Waals surface area contributed by atoms with Crippen molar-refractivity contribution in [3.63, 3.8) is 0 Å². The van der Waals surface area contributed by atoms with Crippen LogP contribution in [0.3, 0.4) is 0 Å². The molecule has 0 spiro atoms. The van der Waals surface area contributed by atoms with E-state index in [0.29, 0.717) is 5.69 Å². The van der Waals surface area contributed by atoms with Crippen LogP contribution in [0, 0.1) is 17.1 Å². The Balaban J connectivity index is 1.91. The van der Waals surface area contributed by atoms with Crippen LogP contribution in [0.2, 0.25) is 0 Å². The molecular weight excluding hydrogens is 235 g/mol. The zero-order valence-electron chi connectivity index (χ0n) is 9.11. The van der Waals surface area contributed by atoms with Crippen LogP contribution in [0.1, 0.15) is 11.1 Å². The van der Waals surface area contributed by atoms with Gasteiger partial charge in [-0.2, -0.15) is 16.6 Å². The summed E-state index contributed by atoms with van der Waals surface area (Å²) in [6.45, 7) is 0.752. The van der Waals surface area contributed by atoms with Gasteiger partial charge in [0.2, 0.25) is 0 Å². The lowest BCUT2D eigenvalue weighted by Crippen LogP contribution is -2.04. The van der Waals surface area contributed by atoms with Gasteiger partial charge in [-0.25, -0.2) is 4.39 Å². The number of halogens is 1. The molecule has 1 aromatic carbocycles. The maximum Gasteiger partial charge on any atom is 0.143 e. The average Bonchev–Trinajstić information content (AvgIpc) is 2.82. The molecule has 0 radical (unpaired) electrons. The van der Waals surface area contributed by atoms with Gasteiger partial charge in [-0.15, -0.1) is 0 Å². The van der Waals surface area contributed by atoms with Crippen LogP contribution in [-0.2, 0) is 6.42 Å². The van der Waals surface area contributed by atoms with Crippen LogP contribution in [0.5, 0.6) is 0 Å². The molecule has 2 aromatic rings. The Labute approximate surface area is 103 Å². The summed E-state index contributed by atoms with van der Waals surface area (Å²) in [5.74, 6) is -0.479. The molecule has 0 unspecified atom stereocenters. The molecule has 0 aliphatic carbocycles. The van der Waals surface area contributed by atoms with Gasteiger partial charge in [0, 0.05) is 12.2 Å². The van der Waals surface area contributed by atoms with Crippen molar-refractivity contribution in [3.8, 4) is 6.07 Å². The molecule has 1 N–H and O–H groups in total. The van der Waals surface area contributed by atoms with E-state index in [1.165, 1.54) is 17.7 Å². The van der Waals surface area contributed by atoms with E-state index >= 15 is 0 Å². The van der Waals surface area contributed by atoms with Crippen LogP contribution < -0.4 is 5.32 Å². The van der Waals surface area contributed by atoms with E-state index in [0.717, 1.165) is 13.0 Å². The summed E-state index contributed by atoms with van der Waals surface area (Å²) < 4.78 is 13.3. The first-order valence-electron chi connectivity index (χ1n) is 5.24. The van der Waals surface area contributed by atoms with E-state index in [-0.39, 0.29) is 5.56 Å². The number of nitriles is 1. The lowest BCUT2D eigenvalue weighted by Gasteiger charge is -2.05. The largest absolute Gasteiger partial charge is 0.385 e. The number of benzene rings is 1. The number of rotatable bonds is 4. The minimum absolute atomic E-state index is 0.0772. The Bertz CT molecular complexity index is 529. The van der Waals surface area contributed by atoms with E-state index in [9.17, 15) is 4.39 Å². The highest BCUT2D eigenvalue weighted by atomic mass is 32.1. The lowest BCUT2D eigenvalue weighted by atomic mass is 10.2. The van der Waals surface area contributed by atoms with Crippen LogP contribution in [-0.4, -0.2) is 6.54 Å². The van der Waals surface area contributed by atoms with Crippen molar-refractivity contribution in [1.29, 1.82) is 5.26 Å². The van der Waals surface area contributed by atoms with E-state index < -0.39 is 5.82 Å². The van der Waals surface area contributed by atoms with Crippen LogP contribution >= 0.6 is 11.3 Å². The predicted molar refractivity (Wildman–Crippen MR) is 67.6 cm³/mol. The molecule has 0 fully saturated rings. The van der Waals surface area contributed by atoms with Crippen LogP contribution in [0.25, 0.3) is 0 Å². The molecule has 0 atom stereocenters. The highest BCUT2D eigenvalue weighted by Crippen LogP contribution is 2.14. The number of nitrogens with zero attached hydrogens (tertiary/aromatic N) is 1. The van der Waals surface area contributed by atoms with Gasteiger partial charge >= 0.3 is 0 Å². The fourth-order valence-corrected chi connectivity index (χ4v) is 2.20. The number of hydrogen-bond acceptors (Lipinski definition) is 3. The second kappa shape index (κ2) is 5.46. The standard InChI is InChI=1S/C13H11FN2S/c14-13-7-12(2-1-11(13)8-15)16-5-3-10-4-6-17-9-10/h1-2,4,6-7,9,16H,3,5H2. The second-order valence-electron chi connectivity index (χ2n) is 3.61. The van der Waals surface area contributed by atoms with Gasteiger partial charge in [-0.05, 0) is 47.0 Å². The summed E-state index contributed by atoms with van der Waals surface area (Å²) in [6, 6.07) is 8.43. The van der Waals surface area contributed by atoms with Crippen molar-refractivity contribution in [2.75, 3.05) is 11.9 Å². The van der Waals surface area contributed by atoms with E-state index in [1.807, 2.05) is 5.38 Å². The maximum absolute atomic E-state index is 13.3. The molecule has 17 heavy (non-hydrogen) atoms. The SMILES string of the molecule is N#Cc1ccc(NCCc2ccsc2)cc1F. The fraction of sp³-hybridized carbons (Fsp3) is 0.154. The van der Waals surface area contributed by atoms with Gasteiger partial charge in [0.15, 0.2) is 0 Å². The molecule has 2 rings (SSSR count). The van der Waals surface area contributed by atoms with Gasteiger partial charge in [-0.1, -0.05) is 0 Å². The van der Waals surface area contributed by atoms with Crippen molar-refractivity contribution in [2.24, 2.45) is 0 Å². The zero-order valence-corrected chi connectivity index (χ0v) is 9.93. The molecule has 2 nitrogen and oxygen atoms in total. The lowest BCUT2D eigenvalue weighted by molar-refractivity contribution is 0.624. The van der Waals surface area contributed by atoms with Crippen LogP contribution in [0.15, 0.2) is 35.0 Å². The third-order valence-corrected chi connectivity index (χ3v) is 3.14. The topological polar surface area (TPSA) is 35.8 Å². The van der Waals surface area contributed by atoms with Crippen molar-refractivity contribution < 1.29 is 4.39 Å². The van der Waals surface area contributed by atoms with Gasteiger partial charge in [0.1, 0.15) is 11.9 Å². The summed E-state index contributed by atoms with van der Waals surface area (Å²) in [5.41, 5.74) is 2.06. The summed E-state index contributed by atoms with van der Waals surface area (Å²) in [6.07, 6.45) is 0.908. The second-order valence-corrected chi connectivity index (χ2v) is 4.39. The summed E-state index contributed by atoms with van der Waals surface area (Å²) in [7, 11) is 0. The fourth-order valence-electron chi connectivity index (χ4n) is 1.50. The third kappa shape index (κ3) is 3.05. The average molecular weight is 246 g/mol. The maximum atomic E-state index is 13.3. The Morgan fingerprint density at radius 1 is 1.35 bits per heavy atom. The van der Waals surface area contributed by atoms with Gasteiger partial charge in [0.05, 0.1) is 5.56 Å². The van der Waals surface area contributed by atoms with Gasteiger partial charge in [0.25, 0.3) is 0 Å². The molecule has 1 aromatic heterocycles. The minimum atomic E-state index is -0.479. The van der Waals surface area contributed by atoms with Crippen molar-refractivity contribution in [2.45, 2.75) is 6.42 Å². The van der Waals surface area contributed by atoms with E-state index in [4.69, 9.17) is 5.26 Å². The zero-order chi connectivity index (χ0) is 12.1. The molecule has 4 heteroatoms. The number of thiophene rings is 1. The summed E-state index contributed by atoms with van der Waals surface area (Å²) >= 11 is 1.67. The summed E-state index contributed by atoms with van der Waals surface area (Å²) in [4.78, 5) is 0. The highest BCUT2D eigenvalue weighted by molar-refractivity contribution is 7.07. The van der Waals surface area contributed by atoms with E-state index in [2.05, 4.69) is 16.8 Å². The third-order valence-electron chi connectivity index (χ3n) is 2.41. The van der Waals surface area contributed by atoms with Crippen molar-refractivity contribution >= 4 is 17.0 Å². The Morgan fingerprint density at radius 3 is 2.88 bits per heavy atom. The molecule has 1 heterocycles. The van der Waals surface area contributed by atoms with Crippen molar-refractivity contribution in [3.05, 3.63) is 52.0 Å². The molecule has 0 aliphatic rings. The molecule has 0 aliphatic heterocycles. The number of nitrogens with one attached hydrogen (secondary N) is 1. The molecule has 0 amide bonds. The first-order chi connectivity index (χ1) is 8.29. The molecular formula is C13H11FN2S. The summed E-state index contributed by atoms with van der Waals surface area (Å²) in [5, 5.41) is 15.9. The Morgan fingerprint density at radius 2 is 2.24 bits per heavy atom. The molecule has 86 valence electrons. The van der Waals surface area contributed by atoms with Crippen LogP contribution in [0.4, 0.5) is 10.1 Å². The normalized spacial score (nSPS) is 9.88. The molecule has 0 saturated heterocycles. The number of anilines is 1. The van der Waals surface area contributed by atoms with Gasteiger partial charge < -0.3 is 5.32 Å². The van der Waals surface area contributed by atoms with Crippen molar-refractivity contribution in [1.82, 2.24) is 0 Å². The number of hydrogen-bond donors (Lipinski definition) is 1. The Kier molecular flexibility index (Phi) is 3.73. The first-order valence-corrected chi connectivity index (χ1v) is 6.18. The highest BCUT2D eigenvalue weighted by Gasteiger charge is 2.02. The molecule has 0 bridgehead atoms. The Hall–Kier alpha value is -1.86. The monoisotopic (exact) mass is 246 g/mol. The van der Waals surface area contributed by atoms with E-state index in [1.54, 1.807) is 23.5 Å². The van der Waals surface area contributed by atoms with Gasteiger partial charge in [-0.3, -0.25) is 0 Å². The predicted octanol–water partition coefficient (Wildman–Crippen LogP) is 3.41. The smallest absolute Gasteiger partial charge is 0.143 e. The minimum Gasteiger partial charge on any atom is -0.385 e. The quantitative estimate of drug-likeness (QED) is 0.897. The first kappa shape index (κ1) is 11.6.